The fraction of sp³-hybridized carbons (Fsp3) is 0.250. The van der Waals surface area contributed by atoms with Crippen molar-refractivity contribution in [3.05, 3.63) is 48.0 Å². The average Bonchev–Trinajstić information content (AvgIpc) is 3.29. The number of fused-ring (bicyclic) bond motifs is 2. The van der Waals surface area contributed by atoms with E-state index in [2.05, 4.69) is 16.7 Å². The van der Waals surface area contributed by atoms with Gasteiger partial charge >= 0.3 is 5.91 Å². The number of likely N-dealkylation sites (N-methyl/N-ethyl adjacent to an activating group) is 1. The van der Waals surface area contributed by atoms with E-state index in [0.717, 1.165) is 22.8 Å². The molecule has 0 radical (unpaired) electrons. The molecule has 2 bridgehead atoms. The van der Waals surface area contributed by atoms with Crippen molar-refractivity contribution < 1.29 is 9.28 Å². The number of rotatable bonds is 3. The van der Waals surface area contributed by atoms with Gasteiger partial charge in [-0.2, -0.15) is 14.7 Å². The largest absolute Gasteiger partial charge is 0.384 e. The Hall–Kier alpha value is -2.51. The van der Waals surface area contributed by atoms with Gasteiger partial charge in [0, 0.05) is 23.2 Å². The summed E-state index contributed by atoms with van der Waals surface area (Å²) < 4.78 is -0.0180. The van der Waals surface area contributed by atoms with E-state index in [9.17, 15) is 10.1 Å². The number of aliphatic imine (C=N–C) groups is 1. The Morgan fingerprint density at radius 3 is 2.83 bits per heavy atom. The van der Waals surface area contributed by atoms with Crippen molar-refractivity contribution in [2.24, 2.45) is 10.7 Å². The van der Waals surface area contributed by atoms with Crippen molar-refractivity contribution in [1.29, 1.82) is 5.26 Å². The van der Waals surface area contributed by atoms with Crippen molar-refractivity contribution in [3.8, 4) is 6.07 Å². The molecule has 3 fully saturated rings. The molecule has 4 aliphatic heterocycles. The normalized spacial score (nSPS) is 32.6. The Kier molecular flexibility index (Phi) is 3.83. The van der Waals surface area contributed by atoms with Crippen LogP contribution in [0.2, 0.25) is 0 Å². The molecule has 0 saturated carbocycles. The lowest BCUT2D eigenvalue weighted by Crippen LogP contribution is -2.88. The Labute approximate surface area is 176 Å². The number of carbonyl (C=O) groups excluding carboxylic acids is 1. The molecule has 4 heterocycles. The minimum Gasteiger partial charge on any atom is -0.384 e. The van der Waals surface area contributed by atoms with Crippen molar-refractivity contribution in [2.75, 3.05) is 24.2 Å². The smallest absolute Gasteiger partial charge is 0.364 e. The van der Waals surface area contributed by atoms with Crippen LogP contribution in [0.3, 0.4) is 0 Å². The summed E-state index contributed by atoms with van der Waals surface area (Å²) in [6.45, 7) is 2.72. The number of nitriles is 1. The van der Waals surface area contributed by atoms with Crippen molar-refractivity contribution in [2.45, 2.75) is 21.7 Å². The standard InChI is InChI=1S/C20H19N6OS2/c1-3-23-13-9-8-12(11-21)10-15(13)24-18-26(2)17(27)19(22,29-18)20(26)25-14-6-4-5-7-16(14)28-20/h4-10,23,25H,3,22H2,1-2H3/q+1. The van der Waals surface area contributed by atoms with Crippen LogP contribution in [0.25, 0.3) is 0 Å². The molecule has 1 spiro atoms. The van der Waals surface area contributed by atoms with Crippen LogP contribution in [0.1, 0.15) is 12.5 Å². The third kappa shape index (κ3) is 2.12. The van der Waals surface area contributed by atoms with E-state index >= 15 is 0 Å². The van der Waals surface area contributed by atoms with E-state index < -0.39 is 9.87 Å². The number of para-hydroxylation sites is 1. The van der Waals surface area contributed by atoms with E-state index in [4.69, 9.17) is 10.7 Å². The lowest BCUT2D eigenvalue weighted by molar-refractivity contribution is -0.805. The van der Waals surface area contributed by atoms with Crippen LogP contribution in [0.4, 0.5) is 17.1 Å². The molecule has 7 nitrogen and oxygen atoms in total. The predicted octanol–water partition coefficient (Wildman–Crippen LogP) is 3.24. The molecule has 2 aromatic rings. The van der Waals surface area contributed by atoms with Crippen molar-refractivity contribution in [3.63, 3.8) is 0 Å². The first-order valence-corrected chi connectivity index (χ1v) is 10.9. The third-order valence-electron chi connectivity index (χ3n) is 5.65. The molecule has 146 valence electrons. The highest BCUT2D eigenvalue weighted by molar-refractivity contribution is 8.17. The van der Waals surface area contributed by atoms with Gasteiger partial charge < -0.3 is 10.6 Å². The third-order valence-corrected chi connectivity index (χ3v) is 8.87. The summed E-state index contributed by atoms with van der Waals surface area (Å²) in [6.07, 6.45) is 0. The highest BCUT2D eigenvalue weighted by atomic mass is 32.2. The van der Waals surface area contributed by atoms with Crippen LogP contribution in [0.5, 0.6) is 0 Å². The molecule has 3 saturated heterocycles. The minimum absolute atomic E-state index is 0.0180. The molecule has 4 N–H and O–H groups in total. The first kappa shape index (κ1) is 18.5. The van der Waals surface area contributed by atoms with Crippen LogP contribution in [-0.4, -0.2) is 39.0 Å². The van der Waals surface area contributed by atoms with E-state index in [1.807, 2.05) is 44.3 Å². The number of hydrogen-bond donors (Lipinski definition) is 3. The van der Waals surface area contributed by atoms with E-state index in [1.165, 1.54) is 11.8 Å². The summed E-state index contributed by atoms with van der Waals surface area (Å²) >= 11 is 2.89. The number of thioether (sulfide) groups is 2. The monoisotopic (exact) mass is 423 g/mol. The van der Waals surface area contributed by atoms with Gasteiger partial charge in [0.1, 0.15) is 0 Å². The summed E-state index contributed by atoms with van der Waals surface area (Å²) in [5.74, 6) is -0.0736. The van der Waals surface area contributed by atoms with Gasteiger partial charge in [-0.3, -0.25) is 5.73 Å². The van der Waals surface area contributed by atoms with E-state index in [0.29, 0.717) is 16.4 Å². The molecule has 9 heteroatoms. The van der Waals surface area contributed by atoms with Crippen molar-refractivity contribution >= 4 is 51.7 Å². The predicted molar refractivity (Wildman–Crippen MR) is 117 cm³/mol. The minimum atomic E-state index is -1.12. The maximum atomic E-state index is 13.1. The number of amidine groups is 1. The fourth-order valence-corrected chi connectivity index (χ4v) is 7.36. The maximum Gasteiger partial charge on any atom is 0.364 e. The second-order valence-corrected chi connectivity index (χ2v) is 9.73. The van der Waals surface area contributed by atoms with Gasteiger partial charge in [-0.15, -0.1) is 0 Å². The van der Waals surface area contributed by atoms with E-state index in [-0.39, 0.29) is 10.4 Å². The molecule has 3 atom stereocenters. The first-order valence-electron chi connectivity index (χ1n) is 9.22. The van der Waals surface area contributed by atoms with Crippen LogP contribution < -0.4 is 16.4 Å². The number of amides is 1. The number of benzene rings is 2. The van der Waals surface area contributed by atoms with Gasteiger partial charge in [0.2, 0.25) is 0 Å². The van der Waals surface area contributed by atoms with Gasteiger partial charge in [0.15, 0.2) is 0 Å². The zero-order chi connectivity index (χ0) is 20.4. The molecular formula is C20H19N6OS2+. The second-order valence-electron chi connectivity index (χ2n) is 7.28. The van der Waals surface area contributed by atoms with Gasteiger partial charge in [-0.25, -0.2) is 4.79 Å². The lowest BCUT2D eigenvalue weighted by atomic mass is 9.98. The summed E-state index contributed by atoms with van der Waals surface area (Å²) in [6, 6.07) is 15.4. The zero-order valence-corrected chi connectivity index (χ0v) is 17.5. The topological polar surface area (TPSA) is 103 Å². The van der Waals surface area contributed by atoms with Gasteiger partial charge in [-0.05, 0) is 49.0 Å². The number of nitrogens with two attached hydrogens (primary N) is 1. The van der Waals surface area contributed by atoms with Crippen LogP contribution in [0, 0.1) is 11.3 Å². The molecular weight excluding hydrogens is 404 g/mol. The molecule has 2 aromatic carbocycles. The highest BCUT2D eigenvalue weighted by Crippen LogP contribution is 2.70. The number of β-lactam (4-membered cyclic amide) rings is 1. The maximum absolute atomic E-state index is 13.1. The quantitative estimate of drug-likeness (QED) is 0.514. The second kappa shape index (κ2) is 6.00. The molecule has 4 aliphatic rings. The summed E-state index contributed by atoms with van der Waals surface area (Å²) in [5.41, 5.74) is 9.60. The number of hydrogen-bond acceptors (Lipinski definition) is 8. The zero-order valence-electron chi connectivity index (χ0n) is 15.9. The van der Waals surface area contributed by atoms with E-state index in [1.54, 1.807) is 23.9 Å². The molecule has 0 aliphatic carbocycles. The first-order chi connectivity index (χ1) is 13.9. The summed E-state index contributed by atoms with van der Waals surface area (Å²) in [4.78, 5) is 17.2. The number of carbonyl (C=O) groups is 1. The van der Waals surface area contributed by atoms with Gasteiger partial charge in [-0.1, -0.05) is 12.1 Å². The number of nitrogens with one attached hydrogen (secondary N) is 2. The van der Waals surface area contributed by atoms with Gasteiger partial charge in [0.25, 0.3) is 15.0 Å². The molecule has 1 amide bonds. The average molecular weight is 424 g/mol. The fourth-order valence-electron chi connectivity index (χ4n) is 4.13. The SMILES string of the molecule is CCNc1ccc(C#N)cc1N=C1SC2(N)C(=O)[N+]1(C)C21Nc2ccccc2S1. The Morgan fingerprint density at radius 2 is 2.10 bits per heavy atom. The van der Waals surface area contributed by atoms with Crippen LogP contribution >= 0.6 is 23.5 Å². The molecule has 0 aromatic heterocycles. The Bertz CT molecular complexity index is 1120. The summed E-state index contributed by atoms with van der Waals surface area (Å²) in [5, 5.41) is 16.7. The van der Waals surface area contributed by atoms with Crippen LogP contribution in [0.15, 0.2) is 52.4 Å². The van der Waals surface area contributed by atoms with Crippen molar-refractivity contribution in [1.82, 2.24) is 0 Å². The number of quaternary nitrogens is 1. The summed E-state index contributed by atoms with van der Waals surface area (Å²) in [7, 11) is 1.86. The molecule has 29 heavy (non-hydrogen) atoms. The lowest BCUT2D eigenvalue weighted by Gasteiger charge is -2.52. The molecule has 6 rings (SSSR count). The number of nitrogens with zero attached hydrogens (tertiary/aromatic N) is 3. The van der Waals surface area contributed by atoms with Crippen LogP contribution in [-0.2, 0) is 4.79 Å². The number of anilines is 2. The highest BCUT2D eigenvalue weighted by Gasteiger charge is 2.92. The Morgan fingerprint density at radius 1 is 1.31 bits per heavy atom. The Balaban J connectivity index is 1.62. The van der Waals surface area contributed by atoms with Gasteiger partial charge in [0.05, 0.1) is 35.7 Å². The molecule has 3 unspecified atom stereocenters.